The van der Waals surface area contributed by atoms with Gasteiger partial charge in [0.15, 0.2) is 0 Å². The van der Waals surface area contributed by atoms with Crippen LogP contribution in [0.15, 0.2) is 66.7 Å². The van der Waals surface area contributed by atoms with E-state index in [-0.39, 0.29) is 24.9 Å². The second kappa shape index (κ2) is 13.5. The van der Waals surface area contributed by atoms with Crippen molar-refractivity contribution in [3.63, 3.8) is 0 Å². The van der Waals surface area contributed by atoms with Gasteiger partial charge >= 0.3 is 12.1 Å². The molecule has 0 heterocycles. The molecule has 3 rings (SSSR count). The molecule has 3 aromatic carbocycles. The first kappa shape index (κ1) is 29.2. The molecule has 0 atom stereocenters. The third-order valence-electron chi connectivity index (χ3n) is 5.65. The highest BCUT2D eigenvalue weighted by molar-refractivity contribution is 5.74. The smallest absolute Gasteiger partial charge is 0.407 e. The number of esters is 1. The van der Waals surface area contributed by atoms with E-state index in [0.29, 0.717) is 24.4 Å². The van der Waals surface area contributed by atoms with Crippen LogP contribution in [0, 0.1) is 0 Å². The van der Waals surface area contributed by atoms with E-state index in [1.54, 1.807) is 0 Å². The molecular weight excluding hydrogens is 496 g/mol. The summed E-state index contributed by atoms with van der Waals surface area (Å²) in [6.07, 6.45) is -0.379. The molecule has 0 aromatic heterocycles. The minimum absolute atomic E-state index is 0.0798. The van der Waals surface area contributed by atoms with Gasteiger partial charge in [0.05, 0.1) is 13.5 Å². The van der Waals surface area contributed by atoms with Crippen molar-refractivity contribution in [2.75, 3.05) is 7.11 Å². The molecule has 2 N–H and O–H groups in total. The molecule has 0 saturated carbocycles. The molecule has 0 aliphatic rings. The molecule has 0 fully saturated rings. The molecule has 0 radical (unpaired) electrons. The van der Waals surface area contributed by atoms with Crippen molar-refractivity contribution in [1.82, 2.24) is 10.6 Å². The number of rotatable bonds is 10. The first-order chi connectivity index (χ1) is 18.5. The van der Waals surface area contributed by atoms with E-state index in [9.17, 15) is 14.4 Å². The summed E-state index contributed by atoms with van der Waals surface area (Å²) in [5.74, 6) is 0.0685. The minimum Gasteiger partial charge on any atom is -0.489 e. The summed E-state index contributed by atoms with van der Waals surface area (Å²) in [6.45, 7) is 7.93. The lowest BCUT2D eigenvalue weighted by Gasteiger charge is -2.19. The fourth-order valence-corrected chi connectivity index (χ4v) is 3.79. The third kappa shape index (κ3) is 9.81. The molecular formula is C31H36N2O6. The zero-order valence-electron chi connectivity index (χ0n) is 23.1. The summed E-state index contributed by atoms with van der Waals surface area (Å²) >= 11 is 0. The molecule has 2 amide bonds. The van der Waals surface area contributed by atoms with Gasteiger partial charge in [-0.1, -0.05) is 48.5 Å². The maximum Gasteiger partial charge on any atom is 0.407 e. The zero-order chi connectivity index (χ0) is 28.4. The van der Waals surface area contributed by atoms with Crippen LogP contribution in [0.4, 0.5) is 4.79 Å². The highest BCUT2D eigenvalue weighted by Gasteiger charge is 2.16. The van der Waals surface area contributed by atoms with Crippen molar-refractivity contribution in [1.29, 1.82) is 0 Å². The normalized spacial score (nSPS) is 10.9. The van der Waals surface area contributed by atoms with Crippen LogP contribution < -0.4 is 15.4 Å². The average Bonchev–Trinajstić information content (AvgIpc) is 2.89. The Hall–Kier alpha value is -4.33. The fourth-order valence-electron chi connectivity index (χ4n) is 3.79. The van der Waals surface area contributed by atoms with Gasteiger partial charge < -0.3 is 24.8 Å². The van der Waals surface area contributed by atoms with E-state index >= 15 is 0 Å². The summed E-state index contributed by atoms with van der Waals surface area (Å²) in [5, 5.41) is 5.56. The number of alkyl carbamates (subject to hydrolysis) is 1. The number of benzene rings is 3. The van der Waals surface area contributed by atoms with E-state index in [2.05, 4.69) is 10.6 Å². The van der Waals surface area contributed by atoms with Crippen LogP contribution in [-0.4, -0.2) is 30.7 Å². The molecule has 8 nitrogen and oxygen atoms in total. The maximum atomic E-state index is 12.0. The fraction of sp³-hybridized carbons (Fsp3) is 0.323. The van der Waals surface area contributed by atoms with Crippen LogP contribution in [0.1, 0.15) is 49.9 Å². The summed E-state index contributed by atoms with van der Waals surface area (Å²) in [6, 6.07) is 21.4. The van der Waals surface area contributed by atoms with Gasteiger partial charge in [0, 0.05) is 25.6 Å². The van der Waals surface area contributed by atoms with E-state index < -0.39 is 11.7 Å². The third-order valence-corrected chi connectivity index (χ3v) is 5.65. The Bertz CT molecular complexity index is 1310. The van der Waals surface area contributed by atoms with Gasteiger partial charge in [-0.3, -0.25) is 9.59 Å². The second-order valence-electron chi connectivity index (χ2n) is 10.1. The second-order valence-corrected chi connectivity index (χ2v) is 10.1. The van der Waals surface area contributed by atoms with Crippen molar-refractivity contribution in [2.45, 2.75) is 59.4 Å². The van der Waals surface area contributed by atoms with Gasteiger partial charge in [-0.05, 0) is 66.8 Å². The van der Waals surface area contributed by atoms with Gasteiger partial charge in [0.2, 0.25) is 5.91 Å². The maximum absolute atomic E-state index is 12.0. The Morgan fingerprint density at radius 2 is 1.41 bits per heavy atom. The number of carbonyl (C=O) groups is 3. The van der Waals surface area contributed by atoms with E-state index in [4.69, 9.17) is 14.2 Å². The first-order valence-corrected chi connectivity index (χ1v) is 12.7. The Morgan fingerprint density at radius 1 is 0.795 bits per heavy atom. The Kier molecular flexibility index (Phi) is 10.1. The number of methoxy groups -OCH3 is 1. The lowest BCUT2D eigenvalue weighted by atomic mass is 10.0. The topological polar surface area (TPSA) is 103 Å². The summed E-state index contributed by atoms with van der Waals surface area (Å²) in [7, 11) is 1.35. The molecule has 0 aliphatic carbocycles. The van der Waals surface area contributed by atoms with Crippen LogP contribution in [0.5, 0.6) is 5.75 Å². The summed E-state index contributed by atoms with van der Waals surface area (Å²) < 4.78 is 16.3. The van der Waals surface area contributed by atoms with Gasteiger partial charge in [-0.25, -0.2) is 4.79 Å². The van der Waals surface area contributed by atoms with Crippen molar-refractivity contribution in [3.8, 4) is 16.9 Å². The Balaban J connectivity index is 1.72. The summed E-state index contributed by atoms with van der Waals surface area (Å²) in [4.78, 5) is 35.3. The van der Waals surface area contributed by atoms with Gasteiger partial charge in [-0.15, -0.1) is 0 Å². The van der Waals surface area contributed by atoms with Crippen LogP contribution in [0.3, 0.4) is 0 Å². The van der Waals surface area contributed by atoms with Gasteiger partial charge in [-0.2, -0.15) is 0 Å². The van der Waals surface area contributed by atoms with Crippen LogP contribution >= 0.6 is 0 Å². The van der Waals surface area contributed by atoms with E-state index in [0.717, 1.165) is 27.8 Å². The van der Waals surface area contributed by atoms with Gasteiger partial charge in [0.1, 0.15) is 18.0 Å². The highest BCUT2D eigenvalue weighted by Crippen LogP contribution is 2.25. The van der Waals surface area contributed by atoms with Crippen LogP contribution in [0.2, 0.25) is 0 Å². The number of carbonyl (C=O) groups excluding carboxylic acids is 3. The largest absolute Gasteiger partial charge is 0.489 e. The number of hydrogen-bond acceptors (Lipinski definition) is 6. The van der Waals surface area contributed by atoms with Gasteiger partial charge in [0.25, 0.3) is 0 Å². The number of ether oxygens (including phenoxy) is 3. The molecule has 0 saturated heterocycles. The Labute approximate surface area is 229 Å². The minimum atomic E-state index is -0.554. The van der Waals surface area contributed by atoms with E-state index in [1.165, 1.54) is 14.0 Å². The SMILES string of the molecule is COC(=O)Cc1ccc(CNC(C)=O)cc1OCc1cccc(-c2cccc(CNC(=O)OC(C)(C)C)c2)c1. The van der Waals surface area contributed by atoms with E-state index in [1.807, 2.05) is 87.5 Å². The molecule has 206 valence electrons. The van der Waals surface area contributed by atoms with Crippen molar-refractivity contribution < 1.29 is 28.6 Å². The lowest BCUT2D eigenvalue weighted by molar-refractivity contribution is -0.139. The quantitative estimate of drug-likeness (QED) is 0.343. The predicted octanol–water partition coefficient (Wildman–Crippen LogP) is 5.31. The van der Waals surface area contributed by atoms with Crippen LogP contribution in [-0.2, 0) is 45.2 Å². The van der Waals surface area contributed by atoms with Crippen molar-refractivity contribution in [3.05, 3.63) is 89.0 Å². The molecule has 0 spiro atoms. The highest BCUT2D eigenvalue weighted by atomic mass is 16.6. The average molecular weight is 533 g/mol. The Morgan fingerprint density at radius 3 is 2.05 bits per heavy atom. The zero-order valence-corrected chi connectivity index (χ0v) is 23.1. The van der Waals surface area contributed by atoms with Crippen LogP contribution in [0.25, 0.3) is 11.1 Å². The molecule has 0 bridgehead atoms. The molecule has 8 heteroatoms. The van der Waals surface area contributed by atoms with Crippen molar-refractivity contribution in [2.24, 2.45) is 0 Å². The number of hydrogen-bond donors (Lipinski definition) is 2. The molecule has 0 aliphatic heterocycles. The number of amides is 2. The lowest BCUT2D eigenvalue weighted by Crippen LogP contribution is -2.32. The standard InChI is InChI=1S/C31H36N2O6/c1-21(34)32-18-23-12-13-27(17-29(35)37-5)28(16-23)38-20-24-9-7-11-26(15-24)25-10-6-8-22(14-25)19-33-30(36)39-31(2,3)4/h6-16H,17-20H2,1-5H3,(H,32,34)(H,33,36). The first-order valence-electron chi connectivity index (χ1n) is 12.7. The van der Waals surface area contributed by atoms with Crippen molar-refractivity contribution >= 4 is 18.0 Å². The molecule has 39 heavy (non-hydrogen) atoms. The molecule has 3 aromatic rings. The monoisotopic (exact) mass is 532 g/mol. The summed E-state index contributed by atoms with van der Waals surface area (Å²) in [5.41, 5.74) is 4.91. The molecule has 0 unspecified atom stereocenters. The number of nitrogens with one attached hydrogen (secondary N) is 2. The predicted molar refractivity (Wildman–Crippen MR) is 149 cm³/mol.